The van der Waals surface area contributed by atoms with Crippen molar-refractivity contribution in [1.29, 1.82) is 0 Å². The third kappa shape index (κ3) is 2.81. The average molecular weight is 529 g/mol. The number of carbonyl (C=O) groups is 1. The topological polar surface area (TPSA) is 83.5 Å². The van der Waals surface area contributed by atoms with Gasteiger partial charge in [-0.05, 0) is 74.3 Å². The van der Waals surface area contributed by atoms with Crippen molar-refractivity contribution in [3.8, 4) is 0 Å². The predicted octanol–water partition coefficient (Wildman–Crippen LogP) is 4.88. The van der Waals surface area contributed by atoms with Crippen LogP contribution in [0.25, 0.3) is 0 Å². The number of ether oxygens (including phenoxy) is 5. The first-order valence-electron chi connectivity index (χ1n) is 14.8. The van der Waals surface area contributed by atoms with Crippen LogP contribution in [-0.2, 0) is 28.5 Å². The van der Waals surface area contributed by atoms with Crippen molar-refractivity contribution in [3.05, 3.63) is 23.5 Å². The van der Waals surface area contributed by atoms with Gasteiger partial charge < -0.3 is 28.8 Å². The Kier molecular flexibility index (Phi) is 5.23. The first-order valence-corrected chi connectivity index (χ1v) is 14.8. The first-order chi connectivity index (χ1) is 17.8. The standard InChI is InChI=1S/C31H44O7/c1-16(2)15-34-21-11-8-18-14-27(4,5)22-24(33)31-30-20(29(22,12-13-35-31)25(18)36-21)10-9-19(17(3)23(30)32)26(30)37-28(6,7)38-31/h16,19-22,24,26,33H,3,8-15H2,1-2,4-7H3. The first kappa shape index (κ1) is 25.7. The molecule has 9 atom stereocenters. The van der Waals surface area contributed by atoms with Crippen molar-refractivity contribution in [3.63, 3.8) is 0 Å². The van der Waals surface area contributed by atoms with Gasteiger partial charge in [-0.1, -0.05) is 34.3 Å². The maximum atomic E-state index is 14.6. The second-order valence-electron chi connectivity index (χ2n) is 14.6. The van der Waals surface area contributed by atoms with Gasteiger partial charge in [-0.25, -0.2) is 0 Å². The molecule has 4 aliphatic heterocycles. The molecule has 4 aliphatic carbocycles. The van der Waals surface area contributed by atoms with Gasteiger partial charge in [0.2, 0.25) is 5.79 Å². The zero-order valence-electron chi connectivity index (χ0n) is 23.8. The molecule has 210 valence electrons. The minimum Gasteiger partial charge on any atom is -0.469 e. The van der Waals surface area contributed by atoms with Crippen molar-refractivity contribution >= 4 is 5.78 Å². The lowest BCUT2D eigenvalue weighted by Crippen LogP contribution is -2.82. The quantitative estimate of drug-likeness (QED) is 0.523. The van der Waals surface area contributed by atoms with Crippen LogP contribution < -0.4 is 0 Å². The van der Waals surface area contributed by atoms with Gasteiger partial charge in [0.25, 0.3) is 0 Å². The lowest BCUT2D eigenvalue weighted by molar-refractivity contribution is -0.487. The molecule has 3 saturated heterocycles. The third-order valence-electron chi connectivity index (χ3n) is 11.1. The Morgan fingerprint density at radius 1 is 1.16 bits per heavy atom. The largest absolute Gasteiger partial charge is 0.469 e. The number of aliphatic hydroxyl groups is 1. The smallest absolute Gasteiger partial charge is 0.213 e. The van der Waals surface area contributed by atoms with E-state index in [0.29, 0.717) is 31.1 Å². The number of aliphatic hydroxyl groups excluding tert-OH is 1. The van der Waals surface area contributed by atoms with Gasteiger partial charge >= 0.3 is 0 Å². The van der Waals surface area contributed by atoms with Crippen molar-refractivity contribution in [1.82, 2.24) is 0 Å². The van der Waals surface area contributed by atoms with Gasteiger partial charge in [-0.15, -0.1) is 0 Å². The second-order valence-corrected chi connectivity index (χ2v) is 14.6. The van der Waals surface area contributed by atoms with Crippen LogP contribution in [-0.4, -0.2) is 54.2 Å². The van der Waals surface area contributed by atoms with Gasteiger partial charge in [0.05, 0.1) is 19.3 Å². The Bertz CT molecular complexity index is 1120. The van der Waals surface area contributed by atoms with Crippen LogP contribution >= 0.6 is 0 Å². The van der Waals surface area contributed by atoms with Crippen LogP contribution in [0.4, 0.5) is 0 Å². The summed E-state index contributed by atoms with van der Waals surface area (Å²) in [7, 11) is 0. The van der Waals surface area contributed by atoms with Gasteiger partial charge in [-0.3, -0.25) is 4.79 Å². The molecule has 3 saturated carbocycles. The number of hydrogen-bond donors (Lipinski definition) is 1. The van der Waals surface area contributed by atoms with Crippen molar-refractivity contribution in [2.24, 2.45) is 39.9 Å². The molecule has 4 heterocycles. The summed E-state index contributed by atoms with van der Waals surface area (Å²) in [5.41, 5.74) is -0.0632. The highest BCUT2D eigenvalue weighted by atomic mass is 16.8. The van der Waals surface area contributed by atoms with E-state index >= 15 is 0 Å². The molecular formula is C31H44O7. The van der Waals surface area contributed by atoms with E-state index in [2.05, 4.69) is 34.3 Å². The maximum Gasteiger partial charge on any atom is 0.213 e. The summed E-state index contributed by atoms with van der Waals surface area (Å²) in [5, 5.41) is 12.6. The SMILES string of the molecule is C=C1C(=O)C23C4OC(C)(C)OC25OCCC2(C6=C(CCC(OCC(C)C)O6)CC(C)(C)C2C5O)C3CCC14. The Labute approximate surface area is 226 Å². The Balaban J connectivity index is 1.47. The van der Waals surface area contributed by atoms with E-state index in [-0.39, 0.29) is 35.2 Å². The number of hydrogen-bond acceptors (Lipinski definition) is 7. The lowest BCUT2D eigenvalue weighted by Gasteiger charge is -2.72. The molecule has 7 heteroatoms. The Morgan fingerprint density at radius 3 is 2.66 bits per heavy atom. The Morgan fingerprint density at radius 2 is 1.92 bits per heavy atom. The zero-order valence-corrected chi connectivity index (χ0v) is 23.8. The summed E-state index contributed by atoms with van der Waals surface area (Å²) in [4.78, 5) is 14.6. The molecule has 0 aromatic rings. The monoisotopic (exact) mass is 528 g/mol. The molecule has 1 N–H and O–H groups in total. The van der Waals surface area contributed by atoms with E-state index < -0.39 is 34.6 Å². The van der Waals surface area contributed by atoms with E-state index in [1.165, 1.54) is 5.57 Å². The molecule has 9 unspecified atom stereocenters. The minimum atomic E-state index is -1.48. The summed E-state index contributed by atoms with van der Waals surface area (Å²) in [5.74, 6) is -1.61. The Hall–Kier alpha value is -1.25. The number of Topliss-reactive ketones (excluding diaryl/α,β-unsaturated/α-hetero) is 1. The highest BCUT2D eigenvalue weighted by Gasteiger charge is 2.88. The van der Waals surface area contributed by atoms with Crippen LogP contribution in [0.3, 0.4) is 0 Å². The summed E-state index contributed by atoms with van der Waals surface area (Å²) in [6.45, 7) is 17.9. The van der Waals surface area contributed by atoms with Crippen LogP contribution in [0.2, 0.25) is 0 Å². The van der Waals surface area contributed by atoms with Crippen LogP contribution in [0, 0.1) is 39.9 Å². The summed E-state index contributed by atoms with van der Waals surface area (Å²) >= 11 is 0. The fraction of sp³-hybridized carbons (Fsp3) is 0.839. The van der Waals surface area contributed by atoms with Gasteiger partial charge in [-0.2, -0.15) is 0 Å². The van der Waals surface area contributed by atoms with E-state index in [0.717, 1.165) is 37.9 Å². The molecule has 0 amide bonds. The fourth-order valence-corrected chi connectivity index (χ4v) is 10.4. The predicted molar refractivity (Wildman–Crippen MR) is 138 cm³/mol. The van der Waals surface area contributed by atoms with Crippen molar-refractivity contribution in [2.75, 3.05) is 13.2 Å². The minimum absolute atomic E-state index is 0.0433. The second kappa shape index (κ2) is 7.73. The molecule has 0 radical (unpaired) electrons. The molecule has 6 fully saturated rings. The molecule has 8 rings (SSSR count). The average Bonchev–Trinajstić information content (AvgIpc) is 2.97. The zero-order chi connectivity index (χ0) is 27.0. The number of fused-ring (bicyclic) bond motifs is 2. The van der Waals surface area contributed by atoms with Crippen molar-refractivity contribution in [2.45, 2.75) is 110 Å². The van der Waals surface area contributed by atoms with E-state index in [9.17, 15) is 9.90 Å². The highest BCUT2D eigenvalue weighted by Crippen LogP contribution is 2.79. The van der Waals surface area contributed by atoms with Crippen LogP contribution in [0.5, 0.6) is 0 Å². The summed E-state index contributed by atoms with van der Waals surface area (Å²) in [6.07, 6.45) is 3.10. The molecule has 7 nitrogen and oxygen atoms in total. The molecule has 38 heavy (non-hydrogen) atoms. The van der Waals surface area contributed by atoms with Crippen molar-refractivity contribution < 1.29 is 33.6 Å². The molecule has 0 aromatic carbocycles. The molecule has 4 bridgehead atoms. The molecular weight excluding hydrogens is 484 g/mol. The van der Waals surface area contributed by atoms with Gasteiger partial charge in [0.15, 0.2) is 17.9 Å². The van der Waals surface area contributed by atoms with E-state index in [1.807, 2.05) is 13.8 Å². The molecule has 3 spiro atoms. The molecule has 8 aliphatic rings. The maximum absolute atomic E-state index is 14.6. The normalized spacial score (nSPS) is 49.8. The highest BCUT2D eigenvalue weighted by molar-refractivity contribution is 6.05. The fourth-order valence-electron chi connectivity index (χ4n) is 10.4. The van der Waals surface area contributed by atoms with Gasteiger partial charge in [0, 0.05) is 23.7 Å². The molecule has 0 aromatic heterocycles. The van der Waals surface area contributed by atoms with Crippen LogP contribution in [0.1, 0.15) is 80.1 Å². The number of carbonyl (C=O) groups excluding carboxylic acids is 1. The summed E-state index contributed by atoms with van der Waals surface area (Å²) < 4.78 is 33.3. The van der Waals surface area contributed by atoms with Crippen LogP contribution in [0.15, 0.2) is 23.5 Å². The lowest BCUT2D eigenvalue weighted by atomic mass is 9.37. The number of allylic oxidation sites excluding steroid dienone is 2. The number of ketones is 1. The number of rotatable bonds is 3. The third-order valence-corrected chi connectivity index (χ3v) is 11.1. The summed E-state index contributed by atoms with van der Waals surface area (Å²) in [6, 6.07) is 0. The van der Waals surface area contributed by atoms with E-state index in [4.69, 9.17) is 23.7 Å². The van der Waals surface area contributed by atoms with Gasteiger partial charge in [0.1, 0.15) is 17.3 Å². The van der Waals surface area contributed by atoms with E-state index in [1.54, 1.807) is 0 Å².